The molecule has 1 aromatic heterocycles. The van der Waals surface area contributed by atoms with E-state index in [-0.39, 0.29) is 6.09 Å². The smallest absolute Gasteiger partial charge is 0.410 e. The molecule has 0 aromatic carbocycles. The Kier molecular flexibility index (Phi) is 7.27. The maximum atomic E-state index is 12.0. The summed E-state index contributed by atoms with van der Waals surface area (Å²) in [6, 6.07) is 5.98. The van der Waals surface area contributed by atoms with Crippen molar-refractivity contribution in [2.75, 3.05) is 58.3 Å². The van der Waals surface area contributed by atoms with Crippen LogP contribution in [0.3, 0.4) is 0 Å². The van der Waals surface area contributed by atoms with Crippen LogP contribution in [0.15, 0.2) is 29.4 Å². The summed E-state index contributed by atoms with van der Waals surface area (Å²) >= 11 is 0. The van der Waals surface area contributed by atoms with E-state index in [0.717, 1.165) is 38.0 Å². The zero-order chi connectivity index (χ0) is 19.9. The van der Waals surface area contributed by atoms with Crippen LogP contribution >= 0.6 is 0 Å². The molecule has 0 bridgehead atoms. The number of piperazine rings is 1. The molecule has 0 aliphatic carbocycles. The number of aliphatic imine (C=N–C) groups is 1. The van der Waals surface area contributed by atoms with E-state index in [1.807, 2.05) is 45.2 Å². The fourth-order valence-electron chi connectivity index (χ4n) is 2.79. The molecule has 0 atom stereocenters. The normalized spacial score (nSPS) is 15.5. The topological polar surface area (TPSA) is 73.3 Å². The Morgan fingerprint density at radius 3 is 2.56 bits per heavy atom. The van der Waals surface area contributed by atoms with Crippen LogP contribution in [-0.4, -0.2) is 85.8 Å². The van der Waals surface area contributed by atoms with Crippen LogP contribution in [0.1, 0.15) is 20.8 Å². The maximum absolute atomic E-state index is 12.0. The first-order chi connectivity index (χ1) is 12.8. The molecule has 1 amide bonds. The first kappa shape index (κ1) is 20.8. The number of amides is 1. The predicted octanol–water partition coefficient (Wildman–Crippen LogP) is 1.65. The zero-order valence-electron chi connectivity index (χ0n) is 17.1. The Hall–Kier alpha value is -2.51. The third-order valence-corrected chi connectivity index (χ3v) is 4.20. The van der Waals surface area contributed by atoms with Gasteiger partial charge in [0.2, 0.25) is 0 Å². The second-order valence-electron chi connectivity index (χ2n) is 7.54. The minimum atomic E-state index is -0.484. The second kappa shape index (κ2) is 9.43. The number of carbonyl (C=O) groups is 1. The molecule has 1 aliphatic rings. The number of nitrogens with zero attached hydrogens (tertiary/aromatic N) is 5. The van der Waals surface area contributed by atoms with E-state index in [0.29, 0.717) is 13.1 Å². The van der Waals surface area contributed by atoms with E-state index in [4.69, 9.17) is 4.74 Å². The van der Waals surface area contributed by atoms with Crippen molar-refractivity contribution in [2.24, 2.45) is 4.99 Å². The van der Waals surface area contributed by atoms with Crippen molar-refractivity contribution in [3.8, 4) is 0 Å². The molecule has 0 radical (unpaired) electrons. The highest BCUT2D eigenvalue weighted by Gasteiger charge is 2.21. The Morgan fingerprint density at radius 2 is 2.00 bits per heavy atom. The van der Waals surface area contributed by atoms with Crippen molar-refractivity contribution in [1.82, 2.24) is 20.1 Å². The van der Waals surface area contributed by atoms with Crippen LogP contribution in [0.2, 0.25) is 0 Å². The molecule has 150 valence electrons. The van der Waals surface area contributed by atoms with Gasteiger partial charge in [0.1, 0.15) is 11.4 Å². The minimum absolute atomic E-state index is 0.316. The average molecular weight is 377 g/mol. The molecule has 0 saturated carbocycles. The molecule has 2 heterocycles. The van der Waals surface area contributed by atoms with E-state index in [2.05, 4.69) is 25.1 Å². The fourth-order valence-corrected chi connectivity index (χ4v) is 2.79. The monoisotopic (exact) mass is 376 g/mol. The molecule has 0 spiro atoms. The quantitative estimate of drug-likeness (QED) is 0.636. The minimum Gasteiger partial charge on any atom is -0.444 e. The van der Waals surface area contributed by atoms with Crippen molar-refractivity contribution in [1.29, 1.82) is 0 Å². The van der Waals surface area contributed by atoms with Crippen molar-refractivity contribution >= 4 is 17.9 Å². The summed E-state index contributed by atoms with van der Waals surface area (Å²) in [6.07, 6.45) is 1.51. The van der Waals surface area contributed by atoms with E-state index < -0.39 is 5.60 Å². The van der Waals surface area contributed by atoms with E-state index in [1.165, 1.54) is 0 Å². The highest BCUT2D eigenvalue weighted by atomic mass is 16.6. The average Bonchev–Trinajstić information content (AvgIpc) is 2.64. The fraction of sp³-hybridized carbons (Fsp3) is 0.632. The van der Waals surface area contributed by atoms with Gasteiger partial charge >= 0.3 is 6.09 Å². The van der Waals surface area contributed by atoms with Gasteiger partial charge in [-0.2, -0.15) is 0 Å². The lowest BCUT2D eigenvalue weighted by molar-refractivity contribution is 0.0302. The number of guanidine groups is 1. The number of pyridine rings is 1. The van der Waals surface area contributed by atoms with E-state index >= 15 is 0 Å². The lowest BCUT2D eigenvalue weighted by Crippen LogP contribution is -2.53. The van der Waals surface area contributed by atoms with Gasteiger partial charge in [-0.15, -0.1) is 0 Å². The van der Waals surface area contributed by atoms with Gasteiger partial charge < -0.3 is 24.8 Å². The van der Waals surface area contributed by atoms with E-state index in [9.17, 15) is 4.79 Å². The summed E-state index contributed by atoms with van der Waals surface area (Å²) in [5, 5.41) is 3.33. The van der Waals surface area contributed by atoms with Gasteiger partial charge in [-0.3, -0.25) is 4.99 Å². The van der Waals surface area contributed by atoms with Crippen molar-refractivity contribution in [2.45, 2.75) is 26.4 Å². The molecule has 1 fully saturated rings. The summed E-state index contributed by atoms with van der Waals surface area (Å²) in [4.78, 5) is 26.9. The van der Waals surface area contributed by atoms with Gasteiger partial charge in [-0.05, 0) is 32.9 Å². The van der Waals surface area contributed by atoms with Crippen LogP contribution in [-0.2, 0) is 4.74 Å². The summed E-state index contributed by atoms with van der Waals surface area (Å²) in [5.74, 6) is 1.87. The highest BCUT2D eigenvalue weighted by molar-refractivity contribution is 5.80. The molecule has 1 saturated heterocycles. The van der Waals surface area contributed by atoms with Gasteiger partial charge in [0, 0.05) is 59.6 Å². The van der Waals surface area contributed by atoms with Crippen LogP contribution in [0, 0.1) is 0 Å². The molecule has 1 N–H and O–H groups in total. The second-order valence-corrected chi connectivity index (χ2v) is 7.54. The van der Waals surface area contributed by atoms with Crippen molar-refractivity contribution in [3.05, 3.63) is 24.4 Å². The van der Waals surface area contributed by atoms with Gasteiger partial charge in [0.05, 0.1) is 0 Å². The van der Waals surface area contributed by atoms with Crippen LogP contribution in [0.25, 0.3) is 0 Å². The van der Waals surface area contributed by atoms with Gasteiger partial charge in [0.15, 0.2) is 5.96 Å². The summed E-state index contributed by atoms with van der Waals surface area (Å²) in [5.41, 5.74) is -0.484. The molecular weight excluding hydrogens is 344 g/mol. The summed E-state index contributed by atoms with van der Waals surface area (Å²) < 4.78 is 5.36. The molecular formula is C19H32N6O2. The number of carbonyl (C=O) groups excluding carboxylic acids is 1. The lowest BCUT2D eigenvalue weighted by atomic mass is 10.2. The van der Waals surface area contributed by atoms with Gasteiger partial charge in [0.25, 0.3) is 0 Å². The number of likely N-dealkylation sites (N-methyl/N-ethyl adjacent to an activating group) is 1. The number of nitrogens with one attached hydrogen (secondary N) is 1. The van der Waals surface area contributed by atoms with Crippen molar-refractivity contribution < 1.29 is 9.53 Å². The largest absolute Gasteiger partial charge is 0.444 e. The van der Waals surface area contributed by atoms with Crippen LogP contribution in [0.4, 0.5) is 10.6 Å². The first-order valence-corrected chi connectivity index (χ1v) is 9.36. The number of aromatic nitrogens is 1. The van der Waals surface area contributed by atoms with Crippen LogP contribution in [0.5, 0.6) is 0 Å². The Bertz CT molecular complexity index is 621. The number of anilines is 1. The summed E-state index contributed by atoms with van der Waals surface area (Å²) in [7, 11) is 3.52. The number of hydrogen-bond donors (Lipinski definition) is 1. The Labute approximate surface area is 162 Å². The third kappa shape index (κ3) is 6.62. The maximum Gasteiger partial charge on any atom is 0.410 e. The number of ether oxygens (including phenoxy) is 1. The third-order valence-electron chi connectivity index (χ3n) is 4.20. The van der Waals surface area contributed by atoms with Gasteiger partial charge in [-0.1, -0.05) is 6.07 Å². The highest BCUT2D eigenvalue weighted by Crippen LogP contribution is 2.12. The molecule has 8 nitrogen and oxygen atoms in total. The molecule has 1 aromatic rings. The van der Waals surface area contributed by atoms with Crippen molar-refractivity contribution in [3.63, 3.8) is 0 Å². The Balaban J connectivity index is 1.75. The number of rotatable bonds is 4. The molecule has 8 heteroatoms. The van der Waals surface area contributed by atoms with Crippen LogP contribution < -0.4 is 10.2 Å². The molecule has 2 rings (SSSR count). The molecule has 27 heavy (non-hydrogen) atoms. The Morgan fingerprint density at radius 1 is 1.30 bits per heavy atom. The van der Waals surface area contributed by atoms with E-state index in [1.54, 1.807) is 19.0 Å². The number of hydrogen-bond acceptors (Lipinski definition) is 5. The standard InChI is InChI=1S/C19H32N6O2/c1-19(2,3)27-18(26)23(5)11-10-22-17(20-4)25-14-12-24(13-15-25)16-8-6-7-9-21-16/h6-9H,10-15H2,1-5H3,(H,20,22). The first-order valence-electron chi connectivity index (χ1n) is 9.36. The summed E-state index contributed by atoms with van der Waals surface area (Å²) in [6.45, 7) is 10.3. The zero-order valence-corrected chi connectivity index (χ0v) is 17.1. The lowest BCUT2D eigenvalue weighted by Gasteiger charge is -2.37. The SMILES string of the molecule is CN=C(NCCN(C)C(=O)OC(C)(C)C)N1CCN(c2ccccn2)CC1. The molecule has 0 unspecified atom stereocenters. The molecule has 1 aliphatic heterocycles. The van der Waals surface area contributed by atoms with Gasteiger partial charge in [-0.25, -0.2) is 9.78 Å². The predicted molar refractivity (Wildman–Crippen MR) is 108 cm³/mol.